The summed E-state index contributed by atoms with van der Waals surface area (Å²) in [5.41, 5.74) is 2.61. The first-order valence-electron chi connectivity index (χ1n) is 7.00. The Morgan fingerprint density at radius 3 is 2.83 bits per heavy atom. The van der Waals surface area contributed by atoms with Crippen molar-refractivity contribution < 1.29 is 0 Å². The molecule has 102 valence electrons. The SMILES string of the molecule is C=CCCCCCn1ncc(CNC(C)C)c1C. The maximum Gasteiger partial charge on any atom is 0.0537 e. The largest absolute Gasteiger partial charge is 0.310 e. The van der Waals surface area contributed by atoms with Gasteiger partial charge in [0.2, 0.25) is 0 Å². The number of nitrogens with zero attached hydrogens (tertiary/aromatic N) is 2. The Morgan fingerprint density at radius 1 is 1.39 bits per heavy atom. The van der Waals surface area contributed by atoms with Crippen LogP contribution in [0, 0.1) is 6.92 Å². The molecule has 0 radical (unpaired) electrons. The van der Waals surface area contributed by atoms with Crippen molar-refractivity contribution in [2.75, 3.05) is 0 Å². The van der Waals surface area contributed by atoms with Gasteiger partial charge in [-0.3, -0.25) is 4.68 Å². The van der Waals surface area contributed by atoms with Gasteiger partial charge in [0.05, 0.1) is 6.20 Å². The average Bonchev–Trinajstić information content (AvgIpc) is 2.68. The van der Waals surface area contributed by atoms with Crippen LogP contribution in [0.3, 0.4) is 0 Å². The van der Waals surface area contributed by atoms with E-state index in [0.29, 0.717) is 6.04 Å². The van der Waals surface area contributed by atoms with E-state index in [1.54, 1.807) is 0 Å². The predicted molar refractivity (Wildman–Crippen MR) is 77.6 cm³/mol. The van der Waals surface area contributed by atoms with Crippen molar-refractivity contribution in [3.05, 3.63) is 30.1 Å². The Hall–Kier alpha value is -1.09. The summed E-state index contributed by atoms with van der Waals surface area (Å²) in [4.78, 5) is 0. The number of allylic oxidation sites excluding steroid dienone is 1. The summed E-state index contributed by atoms with van der Waals surface area (Å²) in [6.07, 6.45) is 8.81. The monoisotopic (exact) mass is 249 g/mol. The Balaban J connectivity index is 2.35. The number of unbranched alkanes of at least 4 members (excludes halogenated alkanes) is 3. The van der Waals surface area contributed by atoms with Crippen molar-refractivity contribution in [3.8, 4) is 0 Å². The number of hydrogen-bond acceptors (Lipinski definition) is 2. The molecule has 0 unspecified atom stereocenters. The van der Waals surface area contributed by atoms with E-state index in [-0.39, 0.29) is 0 Å². The van der Waals surface area contributed by atoms with Crippen molar-refractivity contribution in [3.63, 3.8) is 0 Å². The van der Waals surface area contributed by atoms with E-state index in [2.05, 4.69) is 42.4 Å². The van der Waals surface area contributed by atoms with Gasteiger partial charge in [0.25, 0.3) is 0 Å². The second-order valence-electron chi connectivity index (χ2n) is 5.15. The van der Waals surface area contributed by atoms with Crippen LogP contribution in [0.25, 0.3) is 0 Å². The fourth-order valence-electron chi connectivity index (χ4n) is 1.93. The van der Waals surface area contributed by atoms with Crippen LogP contribution in [0.2, 0.25) is 0 Å². The number of aryl methyl sites for hydroxylation is 1. The lowest BCUT2D eigenvalue weighted by molar-refractivity contribution is 0.533. The van der Waals surface area contributed by atoms with Crippen LogP contribution in [0.1, 0.15) is 50.8 Å². The molecule has 0 fully saturated rings. The van der Waals surface area contributed by atoms with Crippen molar-refractivity contribution in [1.29, 1.82) is 0 Å². The molecule has 1 aromatic heterocycles. The third-order valence-corrected chi connectivity index (χ3v) is 3.18. The zero-order valence-corrected chi connectivity index (χ0v) is 12.1. The van der Waals surface area contributed by atoms with Crippen LogP contribution in [0.4, 0.5) is 0 Å². The molecule has 1 N–H and O–H groups in total. The molecule has 1 aromatic rings. The highest BCUT2D eigenvalue weighted by Crippen LogP contribution is 2.09. The summed E-state index contributed by atoms with van der Waals surface area (Å²) in [6.45, 7) is 12.2. The standard InChI is InChI=1S/C15H27N3/c1-5-6-7-8-9-10-18-14(4)15(12-17-18)11-16-13(2)3/h5,12-13,16H,1,6-11H2,2-4H3. The smallest absolute Gasteiger partial charge is 0.0537 e. The van der Waals surface area contributed by atoms with Gasteiger partial charge in [-0.15, -0.1) is 6.58 Å². The van der Waals surface area contributed by atoms with Crippen LogP contribution in [0.5, 0.6) is 0 Å². The molecule has 3 nitrogen and oxygen atoms in total. The van der Waals surface area contributed by atoms with Crippen LogP contribution >= 0.6 is 0 Å². The van der Waals surface area contributed by atoms with Gasteiger partial charge >= 0.3 is 0 Å². The van der Waals surface area contributed by atoms with Crippen molar-refractivity contribution in [1.82, 2.24) is 15.1 Å². The third-order valence-electron chi connectivity index (χ3n) is 3.18. The zero-order chi connectivity index (χ0) is 13.4. The molecule has 1 rings (SSSR count). The normalized spacial score (nSPS) is 11.1. The quantitative estimate of drug-likeness (QED) is 0.537. The molecule has 0 saturated heterocycles. The van der Waals surface area contributed by atoms with Gasteiger partial charge in [-0.25, -0.2) is 0 Å². The van der Waals surface area contributed by atoms with Gasteiger partial charge < -0.3 is 5.32 Å². The van der Waals surface area contributed by atoms with Crippen LogP contribution < -0.4 is 5.32 Å². The van der Waals surface area contributed by atoms with Crippen molar-refractivity contribution in [2.45, 2.75) is 65.6 Å². The molecule has 18 heavy (non-hydrogen) atoms. The number of hydrogen-bond donors (Lipinski definition) is 1. The molecule has 3 heteroatoms. The van der Waals surface area contributed by atoms with Gasteiger partial charge in [-0.05, 0) is 26.2 Å². The summed E-state index contributed by atoms with van der Waals surface area (Å²) in [6, 6.07) is 0.520. The van der Waals surface area contributed by atoms with E-state index in [1.807, 2.05) is 12.3 Å². The summed E-state index contributed by atoms with van der Waals surface area (Å²) in [7, 11) is 0. The van der Waals surface area contributed by atoms with Crippen molar-refractivity contribution >= 4 is 0 Å². The zero-order valence-electron chi connectivity index (χ0n) is 12.1. The molecule has 0 aromatic carbocycles. The molecule has 0 aliphatic rings. The maximum atomic E-state index is 4.47. The summed E-state index contributed by atoms with van der Waals surface area (Å²) >= 11 is 0. The molecular weight excluding hydrogens is 222 g/mol. The van der Waals surface area contributed by atoms with Gasteiger partial charge in [0, 0.05) is 30.4 Å². The average molecular weight is 249 g/mol. The van der Waals surface area contributed by atoms with Crippen LogP contribution in [-0.4, -0.2) is 15.8 Å². The Kier molecular flexibility index (Phi) is 6.73. The van der Waals surface area contributed by atoms with E-state index in [1.165, 1.54) is 30.5 Å². The minimum atomic E-state index is 0.520. The first-order valence-corrected chi connectivity index (χ1v) is 7.00. The first kappa shape index (κ1) is 15.0. The van der Waals surface area contributed by atoms with Crippen LogP contribution in [-0.2, 0) is 13.1 Å². The second-order valence-corrected chi connectivity index (χ2v) is 5.15. The van der Waals surface area contributed by atoms with E-state index in [0.717, 1.165) is 19.5 Å². The van der Waals surface area contributed by atoms with E-state index >= 15 is 0 Å². The molecule has 0 aliphatic carbocycles. The number of aromatic nitrogens is 2. The molecule has 0 bridgehead atoms. The molecule has 0 saturated carbocycles. The molecule has 0 spiro atoms. The highest BCUT2D eigenvalue weighted by Gasteiger charge is 2.06. The van der Waals surface area contributed by atoms with Crippen molar-refractivity contribution in [2.24, 2.45) is 0 Å². The Bertz CT molecular complexity index is 353. The Morgan fingerprint density at radius 2 is 2.17 bits per heavy atom. The van der Waals surface area contributed by atoms with E-state index in [4.69, 9.17) is 0 Å². The third kappa shape index (κ3) is 5.05. The molecular formula is C15H27N3. The fraction of sp³-hybridized carbons (Fsp3) is 0.667. The second kappa shape index (κ2) is 8.09. The lowest BCUT2D eigenvalue weighted by Gasteiger charge is -2.08. The van der Waals surface area contributed by atoms with E-state index in [9.17, 15) is 0 Å². The number of nitrogens with one attached hydrogen (secondary N) is 1. The molecule has 0 atom stereocenters. The molecule has 0 aliphatic heterocycles. The molecule has 1 heterocycles. The van der Waals surface area contributed by atoms with Gasteiger partial charge in [-0.2, -0.15) is 5.10 Å². The first-order chi connectivity index (χ1) is 8.65. The summed E-state index contributed by atoms with van der Waals surface area (Å²) in [5, 5.41) is 7.90. The number of rotatable bonds is 9. The minimum absolute atomic E-state index is 0.520. The maximum absolute atomic E-state index is 4.47. The van der Waals surface area contributed by atoms with Gasteiger partial charge in [0.1, 0.15) is 0 Å². The minimum Gasteiger partial charge on any atom is -0.310 e. The van der Waals surface area contributed by atoms with Crippen LogP contribution in [0.15, 0.2) is 18.9 Å². The lowest BCUT2D eigenvalue weighted by atomic mass is 10.2. The summed E-state index contributed by atoms with van der Waals surface area (Å²) in [5.74, 6) is 0. The summed E-state index contributed by atoms with van der Waals surface area (Å²) < 4.78 is 2.13. The lowest BCUT2D eigenvalue weighted by Crippen LogP contribution is -2.22. The highest BCUT2D eigenvalue weighted by molar-refractivity contribution is 5.15. The topological polar surface area (TPSA) is 29.9 Å². The predicted octanol–water partition coefficient (Wildman–Crippen LogP) is 3.44. The van der Waals surface area contributed by atoms with Gasteiger partial charge in [-0.1, -0.05) is 26.3 Å². The highest BCUT2D eigenvalue weighted by atomic mass is 15.3. The Labute approximate surface area is 111 Å². The van der Waals surface area contributed by atoms with E-state index < -0.39 is 0 Å². The fourth-order valence-corrected chi connectivity index (χ4v) is 1.93. The molecule has 0 amide bonds. The van der Waals surface area contributed by atoms with Gasteiger partial charge in [0.15, 0.2) is 0 Å².